The molecule has 1 atom stereocenters. The molecule has 4 aromatic rings. The van der Waals surface area contributed by atoms with E-state index >= 15 is 0 Å². The summed E-state index contributed by atoms with van der Waals surface area (Å²) < 4.78 is 0.848. The number of likely N-dealkylation sites (tertiary alicyclic amines) is 1. The number of hydrogen-bond donors (Lipinski definition) is 2. The third-order valence-electron chi connectivity index (χ3n) is 5.68. The molecule has 1 aliphatic heterocycles. The highest BCUT2D eigenvalue weighted by molar-refractivity contribution is 9.10. The normalized spacial score (nSPS) is 17.9. The monoisotopic (exact) mass is 487 g/mol. The maximum atomic E-state index is 13.2. The molecule has 6 nitrogen and oxygen atoms in total. The van der Waals surface area contributed by atoms with Gasteiger partial charge in [0.05, 0.1) is 11.6 Å². The van der Waals surface area contributed by atoms with E-state index in [1.807, 2.05) is 24.3 Å². The maximum absolute atomic E-state index is 13.2. The van der Waals surface area contributed by atoms with Gasteiger partial charge in [0.25, 0.3) is 11.7 Å². The lowest BCUT2D eigenvalue weighted by atomic mass is 9.95. The minimum atomic E-state index is -0.733. The standard InChI is InChI=1S/C25H18BrN3O3/c26-17-7-5-16(6-8-17)23(30)21-22(19-13-28-20-4-2-1-3-18(19)20)29(25(32)24(21)31)14-15-9-11-27-12-10-15/h1-13,22,28,30H,14H2/b23-21+. The fraction of sp³-hybridized carbons (Fsp3) is 0.0800. The zero-order valence-corrected chi connectivity index (χ0v) is 18.4. The van der Waals surface area contributed by atoms with E-state index in [9.17, 15) is 14.7 Å². The van der Waals surface area contributed by atoms with Gasteiger partial charge in [-0.25, -0.2) is 0 Å². The molecule has 0 bridgehead atoms. The lowest BCUT2D eigenvalue weighted by molar-refractivity contribution is -0.140. The van der Waals surface area contributed by atoms with Crippen molar-refractivity contribution in [3.8, 4) is 0 Å². The average molecular weight is 488 g/mol. The third kappa shape index (κ3) is 3.40. The second-order valence-corrected chi connectivity index (χ2v) is 8.49. The molecule has 1 unspecified atom stereocenters. The number of aliphatic hydroxyl groups is 1. The quantitative estimate of drug-likeness (QED) is 0.242. The Morgan fingerprint density at radius 3 is 2.50 bits per heavy atom. The van der Waals surface area contributed by atoms with Gasteiger partial charge in [-0.3, -0.25) is 14.6 Å². The highest BCUT2D eigenvalue weighted by Gasteiger charge is 2.46. The number of rotatable bonds is 4. The Kier molecular flexibility index (Phi) is 5.11. The van der Waals surface area contributed by atoms with Gasteiger partial charge in [0, 0.05) is 51.6 Å². The summed E-state index contributed by atoms with van der Waals surface area (Å²) in [4.78, 5) is 35.1. The van der Waals surface area contributed by atoms with Gasteiger partial charge in [-0.1, -0.05) is 46.3 Å². The number of carbonyl (C=O) groups is 2. The van der Waals surface area contributed by atoms with Gasteiger partial charge >= 0.3 is 0 Å². The van der Waals surface area contributed by atoms with E-state index < -0.39 is 17.7 Å². The van der Waals surface area contributed by atoms with Crippen LogP contribution in [0.25, 0.3) is 16.7 Å². The van der Waals surface area contributed by atoms with Crippen molar-refractivity contribution in [3.63, 3.8) is 0 Å². The van der Waals surface area contributed by atoms with Crippen molar-refractivity contribution in [2.75, 3.05) is 0 Å². The average Bonchev–Trinajstić information content (AvgIpc) is 3.34. The molecule has 1 saturated heterocycles. The second kappa shape index (κ2) is 8.09. The Hall–Kier alpha value is -3.71. The summed E-state index contributed by atoms with van der Waals surface area (Å²) in [6.07, 6.45) is 5.10. The molecule has 1 aliphatic rings. The summed E-state index contributed by atoms with van der Waals surface area (Å²) in [5.41, 5.74) is 3.04. The number of H-pyrrole nitrogens is 1. The highest BCUT2D eigenvalue weighted by atomic mass is 79.9. The minimum Gasteiger partial charge on any atom is -0.507 e. The molecular formula is C25H18BrN3O3. The van der Waals surface area contributed by atoms with Crippen molar-refractivity contribution in [1.82, 2.24) is 14.9 Å². The van der Waals surface area contributed by atoms with E-state index in [0.29, 0.717) is 5.56 Å². The van der Waals surface area contributed by atoms with Crippen LogP contribution in [0.5, 0.6) is 0 Å². The Labute approximate surface area is 192 Å². The molecule has 1 fully saturated rings. The van der Waals surface area contributed by atoms with Crippen LogP contribution >= 0.6 is 15.9 Å². The van der Waals surface area contributed by atoms with Crippen LogP contribution in [0, 0.1) is 0 Å². The molecule has 2 aromatic heterocycles. The largest absolute Gasteiger partial charge is 0.507 e. The smallest absolute Gasteiger partial charge is 0.295 e. The summed E-state index contributed by atoms with van der Waals surface area (Å²) in [6, 6.07) is 17.6. The number of pyridine rings is 1. The van der Waals surface area contributed by atoms with Crippen molar-refractivity contribution in [2.24, 2.45) is 0 Å². The van der Waals surface area contributed by atoms with Gasteiger partial charge in [-0.05, 0) is 35.9 Å². The highest BCUT2D eigenvalue weighted by Crippen LogP contribution is 2.42. The van der Waals surface area contributed by atoms with Gasteiger partial charge in [0.2, 0.25) is 0 Å². The number of nitrogens with zero attached hydrogens (tertiary/aromatic N) is 2. The molecule has 1 amide bonds. The number of aromatic nitrogens is 2. The number of para-hydroxylation sites is 1. The Bertz CT molecular complexity index is 1360. The number of amides is 1. The fourth-order valence-corrected chi connectivity index (χ4v) is 4.40. The van der Waals surface area contributed by atoms with E-state index in [2.05, 4.69) is 25.9 Å². The number of ketones is 1. The summed E-state index contributed by atoms with van der Waals surface area (Å²) in [6.45, 7) is 0.217. The number of hydrogen-bond acceptors (Lipinski definition) is 4. The van der Waals surface area contributed by atoms with E-state index in [1.54, 1.807) is 55.0 Å². The van der Waals surface area contributed by atoms with E-state index in [1.165, 1.54) is 4.90 Å². The molecule has 32 heavy (non-hydrogen) atoms. The van der Waals surface area contributed by atoms with Gasteiger partial charge in [0.1, 0.15) is 5.76 Å². The second-order valence-electron chi connectivity index (χ2n) is 7.58. The number of aliphatic hydroxyl groups excluding tert-OH is 1. The molecule has 2 aromatic carbocycles. The SMILES string of the molecule is O=C1C(=O)N(Cc2ccncc2)C(c2c[nH]c3ccccc23)/C1=C(\O)c1ccc(Br)cc1. The molecule has 2 N–H and O–H groups in total. The first-order valence-electron chi connectivity index (χ1n) is 10.0. The van der Waals surface area contributed by atoms with Gasteiger partial charge in [0.15, 0.2) is 0 Å². The molecule has 7 heteroatoms. The molecule has 0 spiro atoms. The zero-order chi connectivity index (χ0) is 22.2. The zero-order valence-electron chi connectivity index (χ0n) is 16.8. The van der Waals surface area contributed by atoms with Crippen LogP contribution in [0.15, 0.2) is 89.3 Å². The van der Waals surface area contributed by atoms with Crippen LogP contribution in [0.1, 0.15) is 22.7 Å². The summed E-state index contributed by atoms with van der Waals surface area (Å²) in [7, 11) is 0. The lowest BCUT2D eigenvalue weighted by Gasteiger charge is -2.25. The van der Waals surface area contributed by atoms with Gasteiger partial charge < -0.3 is 15.0 Å². The molecule has 0 saturated carbocycles. The number of fused-ring (bicyclic) bond motifs is 1. The Morgan fingerprint density at radius 2 is 1.75 bits per heavy atom. The maximum Gasteiger partial charge on any atom is 0.295 e. The van der Waals surface area contributed by atoms with Crippen LogP contribution in [-0.4, -0.2) is 31.7 Å². The van der Waals surface area contributed by atoms with Crippen LogP contribution in [-0.2, 0) is 16.1 Å². The number of nitrogens with one attached hydrogen (secondary N) is 1. The van der Waals surface area contributed by atoms with Crippen molar-refractivity contribution in [1.29, 1.82) is 0 Å². The van der Waals surface area contributed by atoms with Crippen LogP contribution < -0.4 is 0 Å². The number of carbonyl (C=O) groups excluding carboxylic acids is 2. The van der Waals surface area contributed by atoms with Crippen molar-refractivity contribution in [2.45, 2.75) is 12.6 Å². The Balaban J connectivity index is 1.71. The topological polar surface area (TPSA) is 86.3 Å². The van der Waals surface area contributed by atoms with E-state index in [4.69, 9.17) is 0 Å². The molecule has 0 radical (unpaired) electrons. The summed E-state index contributed by atoms with van der Waals surface area (Å²) in [5.74, 6) is -1.53. The summed E-state index contributed by atoms with van der Waals surface area (Å²) >= 11 is 3.38. The van der Waals surface area contributed by atoms with E-state index in [0.717, 1.165) is 26.5 Å². The van der Waals surface area contributed by atoms with Crippen LogP contribution in [0.2, 0.25) is 0 Å². The molecular weight excluding hydrogens is 470 g/mol. The van der Waals surface area contributed by atoms with Crippen molar-refractivity contribution < 1.29 is 14.7 Å². The Morgan fingerprint density at radius 1 is 1.03 bits per heavy atom. The minimum absolute atomic E-state index is 0.0798. The van der Waals surface area contributed by atoms with Crippen LogP contribution in [0.3, 0.4) is 0 Å². The molecule has 158 valence electrons. The first kappa shape index (κ1) is 20.2. The van der Waals surface area contributed by atoms with Crippen LogP contribution in [0.4, 0.5) is 0 Å². The molecule has 0 aliphatic carbocycles. The number of Topliss-reactive ketones (excluding diaryl/α,β-unsaturated/α-hetero) is 1. The first-order valence-corrected chi connectivity index (χ1v) is 10.8. The predicted molar refractivity (Wildman–Crippen MR) is 125 cm³/mol. The van der Waals surface area contributed by atoms with Gasteiger partial charge in [-0.15, -0.1) is 0 Å². The molecule has 3 heterocycles. The predicted octanol–water partition coefficient (Wildman–Crippen LogP) is 4.95. The third-order valence-corrected chi connectivity index (χ3v) is 6.20. The first-order chi connectivity index (χ1) is 15.5. The lowest BCUT2D eigenvalue weighted by Crippen LogP contribution is -2.29. The number of benzene rings is 2. The fourth-order valence-electron chi connectivity index (χ4n) is 4.13. The van der Waals surface area contributed by atoms with E-state index in [-0.39, 0.29) is 17.9 Å². The summed E-state index contributed by atoms with van der Waals surface area (Å²) in [5, 5.41) is 12.1. The van der Waals surface area contributed by atoms with Crippen molar-refractivity contribution in [3.05, 3.63) is 106 Å². The number of aromatic amines is 1. The molecule has 5 rings (SSSR count). The van der Waals surface area contributed by atoms with Crippen molar-refractivity contribution >= 4 is 44.3 Å². The van der Waals surface area contributed by atoms with Gasteiger partial charge in [-0.2, -0.15) is 0 Å². The number of halogens is 1.